The summed E-state index contributed by atoms with van der Waals surface area (Å²) >= 11 is 3.48. The highest BCUT2D eigenvalue weighted by molar-refractivity contribution is 9.10. The number of amides is 1. The highest BCUT2D eigenvalue weighted by Crippen LogP contribution is 2.33. The minimum absolute atomic E-state index is 0.111. The highest BCUT2D eigenvalue weighted by Gasteiger charge is 2.20. The first kappa shape index (κ1) is 23.7. The zero-order valence-electron chi connectivity index (χ0n) is 18.1. The number of hydrogen-bond acceptors (Lipinski definition) is 5. The molecule has 2 aromatic rings. The summed E-state index contributed by atoms with van der Waals surface area (Å²) < 4.78 is 17.8. The van der Waals surface area contributed by atoms with Crippen LogP contribution in [-0.2, 0) is 10.2 Å². The van der Waals surface area contributed by atoms with E-state index in [0.717, 1.165) is 15.6 Å². The van der Waals surface area contributed by atoms with Crippen LogP contribution < -0.4 is 19.6 Å². The van der Waals surface area contributed by atoms with E-state index >= 15 is 0 Å². The van der Waals surface area contributed by atoms with Gasteiger partial charge < -0.3 is 14.2 Å². The Morgan fingerprint density at radius 3 is 2.33 bits per heavy atom. The summed E-state index contributed by atoms with van der Waals surface area (Å²) in [6.45, 7) is 11.1. The van der Waals surface area contributed by atoms with Crippen LogP contribution in [-0.4, -0.2) is 31.9 Å². The molecule has 0 spiro atoms. The van der Waals surface area contributed by atoms with Gasteiger partial charge in [0, 0.05) is 10.0 Å². The van der Waals surface area contributed by atoms with Gasteiger partial charge in [-0.3, -0.25) is 4.79 Å². The van der Waals surface area contributed by atoms with Crippen molar-refractivity contribution < 1.29 is 19.0 Å². The van der Waals surface area contributed by atoms with Crippen LogP contribution in [0.5, 0.6) is 17.2 Å². The van der Waals surface area contributed by atoms with Gasteiger partial charge in [0.25, 0.3) is 5.91 Å². The molecule has 1 amide bonds. The number of ether oxygens (including phenoxy) is 3. The molecule has 0 atom stereocenters. The summed E-state index contributed by atoms with van der Waals surface area (Å²) in [4.78, 5) is 12.1. The van der Waals surface area contributed by atoms with E-state index < -0.39 is 0 Å². The van der Waals surface area contributed by atoms with E-state index in [4.69, 9.17) is 14.2 Å². The molecular formula is C23H29BrN2O4. The molecule has 0 saturated heterocycles. The predicted molar refractivity (Wildman–Crippen MR) is 123 cm³/mol. The number of hydrogen-bond donors (Lipinski definition) is 1. The zero-order valence-corrected chi connectivity index (χ0v) is 19.7. The molecule has 6 nitrogen and oxygen atoms in total. The second-order valence-corrected chi connectivity index (χ2v) is 8.46. The molecule has 162 valence electrons. The maximum absolute atomic E-state index is 12.1. The zero-order chi connectivity index (χ0) is 22.1. The highest BCUT2D eigenvalue weighted by atomic mass is 79.9. The monoisotopic (exact) mass is 476 g/mol. The Bertz CT molecular complexity index is 891. The average Bonchev–Trinajstić information content (AvgIpc) is 2.68. The first-order chi connectivity index (χ1) is 14.2. The molecule has 30 heavy (non-hydrogen) atoms. The number of hydrazone groups is 1. The van der Waals surface area contributed by atoms with E-state index in [2.05, 4.69) is 47.2 Å². The molecule has 0 saturated carbocycles. The van der Waals surface area contributed by atoms with Crippen molar-refractivity contribution in [1.29, 1.82) is 0 Å². The maximum atomic E-state index is 12.1. The van der Waals surface area contributed by atoms with Crippen molar-refractivity contribution in [2.24, 2.45) is 5.10 Å². The molecule has 1 N–H and O–H groups in total. The summed E-state index contributed by atoms with van der Waals surface area (Å²) in [5, 5.41) is 4.01. The van der Waals surface area contributed by atoms with Gasteiger partial charge in [-0.15, -0.1) is 0 Å². The third-order valence-electron chi connectivity index (χ3n) is 4.08. The Morgan fingerprint density at radius 1 is 1.00 bits per heavy atom. The van der Waals surface area contributed by atoms with E-state index in [1.54, 1.807) is 6.21 Å². The van der Waals surface area contributed by atoms with Gasteiger partial charge in [0.15, 0.2) is 18.1 Å². The number of halogens is 1. The van der Waals surface area contributed by atoms with Crippen molar-refractivity contribution in [2.75, 3.05) is 19.8 Å². The Labute approximate surface area is 186 Å². The van der Waals surface area contributed by atoms with Crippen LogP contribution in [0.25, 0.3) is 0 Å². The molecule has 0 aliphatic heterocycles. The minimum atomic E-state index is -0.343. The fourth-order valence-electron chi connectivity index (χ4n) is 2.72. The predicted octanol–water partition coefficient (Wildman–Crippen LogP) is 5.07. The molecule has 0 fully saturated rings. The van der Waals surface area contributed by atoms with Crippen LogP contribution in [0.2, 0.25) is 0 Å². The van der Waals surface area contributed by atoms with Crippen LogP contribution in [0.4, 0.5) is 0 Å². The Kier molecular flexibility index (Phi) is 8.72. The Balaban J connectivity index is 1.97. The summed E-state index contributed by atoms with van der Waals surface area (Å²) in [7, 11) is 0. The van der Waals surface area contributed by atoms with Crippen molar-refractivity contribution in [3.05, 3.63) is 52.0 Å². The molecule has 0 aliphatic rings. The van der Waals surface area contributed by atoms with Gasteiger partial charge in [-0.25, -0.2) is 5.43 Å². The number of nitrogens with one attached hydrogen (secondary N) is 1. The number of carbonyl (C=O) groups is 1. The quantitative estimate of drug-likeness (QED) is 0.404. The molecule has 0 bridgehead atoms. The number of nitrogens with zero attached hydrogens (tertiary/aromatic N) is 1. The third-order valence-corrected chi connectivity index (χ3v) is 4.57. The smallest absolute Gasteiger partial charge is 0.277 e. The van der Waals surface area contributed by atoms with Crippen LogP contribution in [0.15, 0.2) is 46.0 Å². The number of rotatable bonds is 9. The van der Waals surface area contributed by atoms with Gasteiger partial charge in [0.05, 0.1) is 19.4 Å². The van der Waals surface area contributed by atoms with Gasteiger partial charge >= 0.3 is 0 Å². The molecule has 0 radical (unpaired) electrons. The van der Waals surface area contributed by atoms with Gasteiger partial charge in [-0.1, -0.05) is 36.7 Å². The van der Waals surface area contributed by atoms with Crippen molar-refractivity contribution >= 4 is 28.1 Å². The molecular weight excluding hydrogens is 448 g/mol. The summed E-state index contributed by atoms with van der Waals surface area (Å²) in [5.74, 6) is 1.66. The second-order valence-electron chi connectivity index (χ2n) is 7.54. The van der Waals surface area contributed by atoms with E-state index in [9.17, 15) is 4.79 Å². The van der Waals surface area contributed by atoms with Crippen LogP contribution >= 0.6 is 15.9 Å². The van der Waals surface area contributed by atoms with Crippen molar-refractivity contribution in [2.45, 2.75) is 40.0 Å². The molecule has 2 aromatic carbocycles. The van der Waals surface area contributed by atoms with Gasteiger partial charge in [-0.2, -0.15) is 5.10 Å². The van der Waals surface area contributed by atoms with E-state index in [1.807, 2.05) is 50.2 Å². The Morgan fingerprint density at radius 2 is 1.67 bits per heavy atom. The topological polar surface area (TPSA) is 69.2 Å². The molecule has 2 rings (SSSR count). The molecule has 0 heterocycles. The van der Waals surface area contributed by atoms with Crippen molar-refractivity contribution in [3.63, 3.8) is 0 Å². The first-order valence-electron chi connectivity index (χ1n) is 9.89. The third kappa shape index (κ3) is 7.06. The number of carbonyl (C=O) groups excluding carboxylic acids is 1. The van der Waals surface area contributed by atoms with Crippen LogP contribution in [0, 0.1) is 0 Å². The average molecular weight is 477 g/mol. The molecule has 0 aromatic heterocycles. The second kappa shape index (κ2) is 11.0. The van der Waals surface area contributed by atoms with Crippen molar-refractivity contribution in [3.8, 4) is 17.2 Å². The fraction of sp³-hybridized carbons (Fsp3) is 0.391. The molecule has 7 heteroatoms. The lowest BCUT2D eigenvalue weighted by atomic mass is 9.86. The van der Waals surface area contributed by atoms with E-state index in [0.29, 0.717) is 30.5 Å². The summed E-state index contributed by atoms with van der Waals surface area (Å²) in [6.07, 6.45) is 1.55. The SMILES string of the molecule is CCOc1ccc(/C=N/NC(=O)COc2ccc(Br)cc2C(C)(C)C)cc1OCC. The van der Waals surface area contributed by atoms with Gasteiger partial charge in [-0.05, 0) is 61.2 Å². The number of benzene rings is 2. The summed E-state index contributed by atoms with van der Waals surface area (Å²) in [6, 6.07) is 11.2. The standard InChI is InChI=1S/C23H29BrN2O4/c1-6-28-20-10-8-16(12-21(20)29-7-2)14-25-26-22(27)15-30-19-11-9-17(24)13-18(19)23(3,4)5/h8-14H,6-7,15H2,1-5H3,(H,26,27)/b25-14+. The lowest BCUT2D eigenvalue weighted by molar-refractivity contribution is -0.123. The van der Waals surface area contributed by atoms with E-state index in [1.165, 1.54) is 0 Å². The molecule has 0 unspecified atom stereocenters. The fourth-order valence-corrected chi connectivity index (χ4v) is 3.08. The summed E-state index contributed by atoms with van der Waals surface area (Å²) in [5.41, 5.74) is 4.18. The largest absolute Gasteiger partial charge is 0.490 e. The maximum Gasteiger partial charge on any atom is 0.277 e. The Hall–Kier alpha value is -2.54. The minimum Gasteiger partial charge on any atom is -0.490 e. The van der Waals surface area contributed by atoms with Crippen LogP contribution in [0.3, 0.4) is 0 Å². The van der Waals surface area contributed by atoms with Crippen LogP contribution in [0.1, 0.15) is 45.7 Å². The molecule has 0 aliphatic carbocycles. The van der Waals surface area contributed by atoms with E-state index in [-0.39, 0.29) is 17.9 Å². The van der Waals surface area contributed by atoms with Crippen molar-refractivity contribution in [1.82, 2.24) is 5.43 Å². The normalized spacial score (nSPS) is 11.4. The van der Waals surface area contributed by atoms with Gasteiger partial charge in [0.1, 0.15) is 5.75 Å². The lowest BCUT2D eigenvalue weighted by Crippen LogP contribution is -2.25. The lowest BCUT2D eigenvalue weighted by Gasteiger charge is -2.23. The first-order valence-corrected chi connectivity index (χ1v) is 10.7. The van der Waals surface area contributed by atoms with Gasteiger partial charge in [0.2, 0.25) is 0 Å².